The molecule has 0 amide bonds. The molecule has 1 heterocycles. The monoisotopic (exact) mass is 505 g/mol. The molecule has 1 saturated heterocycles. The average Bonchev–Trinajstić information content (AvgIpc) is 3.68. The molecule has 3 aromatic carbocycles. The predicted octanol–water partition coefficient (Wildman–Crippen LogP) is 4.28. The molecule has 3 aromatic rings. The summed E-state index contributed by atoms with van der Waals surface area (Å²) in [5.41, 5.74) is 6.46. The third-order valence-corrected chi connectivity index (χ3v) is 9.29. The summed E-state index contributed by atoms with van der Waals surface area (Å²) in [6.07, 6.45) is 2.74. The van der Waals surface area contributed by atoms with Crippen molar-refractivity contribution in [3.05, 3.63) is 100 Å². The van der Waals surface area contributed by atoms with Crippen LogP contribution in [0.2, 0.25) is 0 Å². The number of hydrogen-bond acceptors (Lipinski definition) is 5. The van der Waals surface area contributed by atoms with Crippen molar-refractivity contribution in [3.8, 4) is 5.75 Å². The van der Waals surface area contributed by atoms with E-state index in [1.807, 2.05) is 43.3 Å². The highest BCUT2D eigenvalue weighted by Gasteiger charge is 2.39. The van der Waals surface area contributed by atoms with Gasteiger partial charge in [-0.3, -0.25) is 0 Å². The third-order valence-electron chi connectivity index (χ3n) is 7.48. The van der Waals surface area contributed by atoms with E-state index in [-0.39, 0.29) is 17.3 Å². The lowest BCUT2D eigenvalue weighted by Crippen LogP contribution is -2.54. The molecular formula is C30H35NO4S. The van der Waals surface area contributed by atoms with Gasteiger partial charge in [0, 0.05) is 24.9 Å². The van der Waals surface area contributed by atoms with Crippen LogP contribution in [-0.4, -0.2) is 42.3 Å². The van der Waals surface area contributed by atoms with Crippen LogP contribution < -0.4 is 5.32 Å². The Balaban J connectivity index is 1.28. The Morgan fingerprint density at radius 2 is 1.69 bits per heavy atom. The summed E-state index contributed by atoms with van der Waals surface area (Å²) >= 11 is 0. The van der Waals surface area contributed by atoms with Crippen LogP contribution in [0, 0.1) is 12.8 Å². The van der Waals surface area contributed by atoms with Crippen LogP contribution >= 0.6 is 0 Å². The second-order valence-electron chi connectivity index (χ2n) is 10.7. The van der Waals surface area contributed by atoms with E-state index < -0.39 is 27.9 Å². The van der Waals surface area contributed by atoms with Crippen molar-refractivity contribution < 1.29 is 18.6 Å². The summed E-state index contributed by atoms with van der Waals surface area (Å²) in [7, 11) is -3.29. The second kappa shape index (κ2) is 10.4. The first kappa shape index (κ1) is 25.0. The molecule has 3 N–H and O–H groups in total. The van der Waals surface area contributed by atoms with Crippen molar-refractivity contribution in [3.63, 3.8) is 0 Å². The number of hydrogen-bond donors (Lipinski definition) is 3. The van der Waals surface area contributed by atoms with Crippen LogP contribution in [-0.2, 0) is 29.2 Å². The number of phenols is 1. The standard InChI is InChI=1S/C30H35NO4S/c1-20-4-2-5-21(12-20)13-26-14-22(8-11-29(26)32)15-27-18-36(34,35)19-28(30(27)33)31-17-23-6-3-7-25(16-23)24-9-10-24/h2-8,11-12,14,16,24,27-28,30-33H,9-10,13,15,17-19H2,1H3/t27-,28+,30+/m1/s1. The van der Waals surface area contributed by atoms with Gasteiger partial charge in [-0.1, -0.05) is 66.2 Å². The Morgan fingerprint density at radius 1 is 0.917 bits per heavy atom. The van der Waals surface area contributed by atoms with E-state index >= 15 is 0 Å². The minimum absolute atomic E-state index is 0.0302. The van der Waals surface area contributed by atoms with Gasteiger partial charge in [0.2, 0.25) is 0 Å². The molecule has 0 unspecified atom stereocenters. The SMILES string of the molecule is Cc1cccc(Cc2cc(C[C@@H]3CS(=O)(=O)C[C@H](NCc4cccc(C5CC5)c4)[C@H]3O)ccc2O)c1. The molecule has 6 heteroatoms. The summed E-state index contributed by atoms with van der Waals surface area (Å²) < 4.78 is 25.5. The van der Waals surface area contributed by atoms with Gasteiger partial charge in [-0.15, -0.1) is 0 Å². The third kappa shape index (κ3) is 6.17. The Labute approximate surface area is 214 Å². The zero-order valence-electron chi connectivity index (χ0n) is 20.7. The second-order valence-corrected chi connectivity index (χ2v) is 12.8. The lowest BCUT2D eigenvalue weighted by molar-refractivity contribution is 0.0781. The van der Waals surface area contributed by atoms with Crippen LogP contribution in [0.5, 0.6) is 5.75 Å². The summed E-state index contributed by atoms with van der Waals surface area (Å²) in [6.45, 7) is 2.57. The van der Waals surface area contributed by atoms with Crippen LogP contribution in [0.3, 0.4) is 0 Å². The first-order valence-electron chi connectivity index (χ1n) is 12.8. The fourth-order valence-electron chi connectivity index (χ4n) is 5.43. The largest absolute Gasteiger partial charge is 0.508 e. The number of nitrogens with one attached hydrogen (secondary N) is 1. The number of sulfone groups is 1. The van der Waals surface area contributed by atoms with Gasteiger partial charge < -0.3 is 15.5 Å². The average molecular weight is 506 g/mol. The van der Waals surface area contributed by atoms with Gasteiger partial charge >= 0.3 is 0 Å². The molecule has 0 aromatic heterocycles. The zero-order valence-corrected chi connectivity index (χ0v) is 21.5. The molecule has 0 bridgehead atoms. The molecule has 1 aliphatic carbocycles. The maximum absolute atomic E-state index is 12.8. The zero-order chi connectivity index (χ0) is 25.3. The van der Waals surface area contributed by atoms with E-state index in [0.717, 1.165) is 27.8 Å². The van der Waals surface area contributed by atoms with Crippen molar-refractivity contribution >= 4 is 9.84 Å². The van der Waals surface area contributed by atoms with Gasteiger partial charge in [-0.25, -0.2) is 8.42 Å². The summed E-state index contributed by atoms with van der Waals surface area (Å²) in [5, 5.41) is 24.9. The molecule has 190 valence electrons. The Hall–Kier alpha value is -2.67. The van der Waals surface area contributed by atoms with Gasteiger partial charge in [-0.2, -0.15) is 0 Å². The lowest BCUT2D eigenvalue weighted by atomic mass is 9.90. The van der Waals surface area contributed by atoms with Crippen molar-refractivity contribution in [1.29, 1.82) is 0 Å². The molecule has 3 atom stereocenters. The molecule has 1 aliphatic heterocycles. The van der Waals surface area contributed by atoms with Crippen molar-refractivity contribution in [2.75, 3.05) is 11.5 Å². The van der Waals surface area contributed by atoms with Gasteiger partial charge in [0.25, 0.3) is 0 Å². The Morgan fingerprint density at radius 3 is 2.47 bits per heavy atom. The molecule has 0 radical (unpaired) electrons. The van der Waals surface area contributed by atoms with E-state index in [9.17, 15) is 18.6 Å². The highest BCUT2D eigenvalue weighted by molar-refractivity contribution is 7.91. The number of aliphatic hydroxyl groups excluding tert-OH is 1. The number of aryl methyl sites for hydroxylation is 1. The molecular weight excluding hydrogens is 470 g/mol. The molecule has 2 fully saturated rings. The van der Waals surface area contributed by atoms with Crippen LogP contribution in [0.25, 0.3) is 0 Å². The molecule has 2 aliphatic rings. The maximum Gasteiger partial charge on any atom is 0.152 e. The topological polar surface area (TPSA) is 86.6 Å². The molecule has 5 rings (SSSR count). The van der Waals surface area contributed by atoms with E-state index in [1.54, 1.807) is 6.07 Å². The number of rotatable bonds is 8. The van der Waals surface area contributed by atoms with E-state index in [2.05, 4.69) is 29.6 Å². The highest BCUT2D eigenvalue weighted by Crippen LogP contribution is 2.40. The minimum Gasteiger partial charge on any atom is -0.508 e. The van der Waals surface area contributed by atoms with Gasteiger partial charge in [0.1, 0.15) is 5.75 Å². The number of benzene rings is 3. The lowest BCUT2D eigenvalue weighted by Gasteiger charge is -2.35. The van der Waals surface area contributed by atoms with E-state index in [1.165, 1.54) is 18.4 Å². The highest BCUT2D eigenvalue weighted by atomic mass is 32.2. The van der Waals surface area contributed by atoms with Crippen LogP contribution in [0.4, 0.5) is 0 Å². The molecule has 0 spiro atoms. The molecule has 1 saturated carbocycles. The normalized spacial score (nSPS) is 23.4. The Kier molecular flexibility index (Phi) is 7.20. The fourth-order valence-corrected chi connectivity index (χ4v) is 7.39. The van der Waals surface area contributed by atoms with Crippen LogP contribution in [0.15, 0.2) is 66.7 Å². The van der Waals surface area contributed by atoms with E-state index in [0.29, 0.717) is 25.3 Å². The van der Waals surface area contributed by atoms with Crippen molar-refractivity contribution in [2.24, 2.45) is 5.92 Å². The number of aromatic hydroxyl groups is 1. The van der Waals surface area contributed by atoms with Gasteiger partial charge in [0.15, 0.2) is 9.84 Å². The maximum atomic E-state index is 12.8. The van der Waals surface area contributed by atoms with Gasteiger partial charge in [0.05, 0.1) is 17.6 Å². The summed E-state index contributed by atoms with van der Waals surface area (Å²) in [5.74, 6) is 0.398. The quantitative estimate of drug-likeness (QED) is 0.426. The Bertz CT molecular complexity index is 1330. The first-order valence-corrected chi connectivity index (χ1v) is 14.6. The number of aliphatic hydroxyl groups is 1. The number of phenolic OH excluding ortho intramolecular Hbond substituents is 1. The minimum atomic E-state index is -3.29. The van der Waals surface area contributed by atoms with E-state index in [4.69, 9.17) is 0 Å². The van der Waals surface area contributed by atoms with Crippen molar-refractivity contribution in [2.45, 2.75) is 57.2 Å². The predicted molar refractivity (Wildman–Crippen MR) is 143 cm³/mol. The summed E-state index contributed by atoms with van der Waals surface area (Å²) in [6, 6.07) is 21.6. The van der Waals surface area contributed by atoms with Crippen LogP contribution in [0.1, 0.15) is 52.1 Å². The fraction of sp³-hybridized carbons (Fsp3) is 0.400. The molecule has 5 nitrogen and oxygen atoms in total. The van der Waals surface area contributed by atoms with Crippen molar-refractivity contribution in [1.82, 2.24) is 5.32 Å². The van der Waals surface area contributed by atoms with Gasteiger partial charge in [-0.05, 0) is 66.0 Å². The smallest absolute Gasteiger partial charge is 0.152 e. The first-order chi connectivity index (χ1) is 17.3. The molecule has 36 heavy (non-hydrogen) atoms. The summed E-state index contributed by atoms with van der Waals surface area (Å²) in [4.78, 5) is 0.